The Labute approximate surface area is 183 Å². The largest absolute Gasteiger partial charge is 1.00 e. The van der Waals surface area contributed by atoms with E-state index in [9.17, 15) is 4.79 Å². The van der Waals surface area contributed by atoms with E-state index in [0.29, 0.717) is 16.5 Å². The van der Waals surface area contributed by atoms with Crippen LogP contribution in [0.2, 0.25) is 5.02 Å². The van der Waals surface area contributed by atoms with Gasteiger partial charge < -0.3 is 6.16 Å². The van der Waals surface area contributed by atoms with Gasteiger partial charge in [0, 0.05) is 5.56 Å². The van der Waals surface area contributed by atoms with E-state index in [4.69, 9.17) is 16.3 Å². The van der Waals surface area contributed by atoms with Gasteiger partial charge in [-0.15, -0.1) is 0 Å². The molecule has 2 rings (SSSR count). The monoisotopic (exact) mass is 398 g/mol. The number of halogens is 1. The molecule has 2 aromatic carbocycles. The van der Waals surface area contributed by atoms with E-state index < -0.39 is 0 Å². The van der Waals surface area contributed by atoms with E-state index in [1.54, 1.807) is 6.07 Å². The first-order valence-corrected chi connectivity index (χ1v) is 10.7. The van der Waals surface area contributed by atoms with Gasteiger partial charge in [-0.1, -0.05) is 69.0 Å². The van der Waals surface area contributed by atoms with E-state index in [1.165, 1.54) is 19.3 Å². The predicted octanol–water partition coefficient (Wildman–Crippen LogP) is 3.50. The zero-order valence-corrected chi connectivity index (χ0v) is 18.6. The Bertz CT molecular complexity index is 705. The topological polar surface area (TPSA) is 26.3 Å². The Morgan fingerprint density at radius 1 is 1.19 bits per heavy atom. The molecule has 0 bridgehead atoms. The second-order valence-electron chi connectivity index (χ2n) is 6.64. The van der Waals surface area contributed by atoms with Crippen LogP contribution in [0.5, 0.6) is 5.75 Å². The Hall–Kier alpha value is -0.773. The summed E-state index contributed by atoms with van der Waals surface area (Å²) in [5.74, 6) is 1.48. The quantitative estimate of drug-likeness (QED) is 0.452. The maximum absolute atomic E-state index is 12.6. The molecule has 0 N–H and O–H groups in total. The summed E-state index contributed by atoms with van der Waals surface area (Å²) in [6, 6.07) is 13.4. The van der Waals surface area contributed by atoms with Crippen molar-refractivity contribution >= 4 is 31.0 Å². The van der Waals surface area contributed by atoms with Crippen molar-refractivity contribution in [2.24, 2.45) is 5.92 Å². The van der Waals surface area contributed by atoms with Crippen LogP contribution in [-0.2, 0) is 0 Å². The molecule has 2 atom stereocenters. The molecular weight excluding hydrogens is 370 g/mol. The van der Waals surface area contributed by atoms with Crippen LogP contribution in [0, 0.1) is 12.8 Å². The maximum Gasteiger partial charge on any atom is 1.00 e. The minimum absolute atomic E-state index is 0. The average molecular weight is 399 g/mol. The van der Waals surface area contributed by atoms with Gasteiger partial charge in [0.2, 0.25) is 0 Å². The fourth-order valence-corrected chi connectivity index (χ4v) is 4.30. The van der Waals surface area contributed by atoms with Crippen LogP contribution in [0.25, 0.3) is 0 Å². The normalized spacial score (nSPS) is 12.0. The third-order valence-corrected chi connectivity index (χ3v) is 6.00. The molecule has 0 aromatic heterocycles. The Balaban J connectivity index is 0.00000364. The molecule has 0 spiro atoms. The van der Waals surface area contributed by atoms with Crippen molar-refractivity contribution in [3.63, 3.8) is 0 Å². The first kappa shape index (κ1) is 24.3. The third-order valence-electron chi connectivity index (χ3n) is 4.59. The van der Waals surface area contributed by atoms with Crippen LogP contribution in [-0.4, -0.2) is 12.1 Å². The van der Waals surface area contributed by atoms with E-state index in [2.05, 4.69) is 13.8 Å². The second kappa shape index (κ2) is 12.6. The molecule has 5 heteroatoms. The zero-order valence-electron chi connectivity index (χ0n) is 17.8. The number of hydrogen-bond acceptors (Lipinski definition) is 2. The van der Waals surface area contributed by atoms with Crippen LogP contribution in [0.1, 0.15) is 56.9 Å². The van der Waals surface area contributed by atoms with Crippen molar-refractivity contribution in [3.8, 4) is 5.75 Å². The Morgan fingerprint density at radius 2 is 1.89 bits per heavy atom. The summed E-state index contributed by atoms with van der Waals surface area (Å²) < 4.78 is 5.94. The summed E-state index contributed by atoms with van der Waals surface area (Å²) in [6.45, 7) is 7.12. The number of carbonyl (C=O) groups is 1. The SMILES string of the molecule is CCCCC(CC)COc1ccc(PC(=O)c2c(C)cccc2Cl)cc1.[H-].[Li+]. The smallest absolute Gasteiger partial charge is 1.00 e. The molecule has 27 heavy (non-hydrogen) atoms. The van der Waals surface area contributed by atoms with Crippen LogP contribution in [0.3, 0.4) is 0 Å². The number of unbranched alkanes of at least 4 members (excludes halogenated alkanes) is 1. The van der Waals surface area contributed by atoms with Gasteiger partial charge in [0.25, 0.3) is 0 Å². The number of hydrogen-bond donors (Lipinski definition) is 0. The molecule has 0 heterocycles. The van der Waals surface area contributed by atoms with E-state index >= 15 is 0 Å². The molecule has 0 radical (unpaired) electrons. The molecule has 2 unspecified atom stereocenters. The van der Waals surface area contributed by atoms with Crippen LogP contribution in [0.15, 0.2) is 42.5 Å². The number of benzene rings is 2. The minimum atomic E-state index is 0. The summed E-state index contributed by atoms with van der Waals surface area (Å²) in [7, 11) is 0.0633. The van der Waals surface area contributed by atoms with Gasteiger partial charge in [0.05, 0.1) is 11.6 Å². The fraction of sp³-hybridized carbons (Fsp3) is 0.409. The molecule has 0 fully saturated rings. The predicted molar refractivity (Wildman–Crippen MR) is 115 cm³/mol. The van der Waals surface area contributed by atoms with Gasteiger partial charge in [-0.3, -0.25) is 4.79 Å². The third kappa shape index (κ3) is 7.63. The average Bonchev–Trinajstić information content (AvgIpc) is 2.63. The van der Waals surface area contributed by atoms with E-state index in [-0.39, 0.29) is 34.4 Å². The number of carbonyl (C=O) groups excluding carboxylic acids is 1. The van der Waals surface area contributed by atoms with Gasteiger partial charge in [0.1, 0.15) is 5.75 Å². The summed E-state index contributed by atoms with van der Waals surface area (Å²) >= 11 is 6.20. The molecule has 2 aromatic rings. The Morgan fingerprint density at radius 3 is 2.48 bits per heavy atom. The molecule has 0 aliphatic rings. The van der Waals surface area contributed by atoms with Gasteiger partial charge in [0.15, 0.2) is 5.52 Å². The summed E-state index contributed by atoms with van der Waals surface area (Å²) in [5.41, 5.74) is 1.63. The molecular formula is C22H29ClLiO2P. The van der Waals surface area contributed by atoms with E-state index in [1.807, 2.05) is 43.3 Å². The van der Waals surface area contributed by atoms with Crippen LogP contribution < -0.4 is 28.9 Å². The van der Waals surface area contributed by atoms with Crippen molar-refractivity contribution in [1.29, 1.82) is 0 Å². The van der Waals surface area contributed by atoms with Gasteiger partial charge in [-0.05, 0) is 56.9 Å². The van der Waals surface area contributed by atoms with E-state index in [0.717, 1.165) is 29.6 Å². The molecule has 0 aliphatic heterocycles. The van der Waals surface area contributed by atoms with Gasteiger partial charge in [-0.2, -0.15) is 0 Å². The van der Waals surface area contributed by atoms with Crippen molar-refractivity contribution < 1.29 is 29.8 Å². The molecule has 142 valence electrons. The van der Waals surface area contributed by atoms with Gasteiger partial charge in [-0.25, -0.2) is 0 Å². The molecule has 0 aliphatic carbocycles. The van der Waals surface area contributed by atoms with Crippen molar-refractivity contribution in [2.75, 3.05) is 6.61 Å². The van der Waals surface area contributed by atoms with Gasteiger partial charge >= 0.3 is 18.9 Å². The summed E-state index contributed by atoms with van der Waals surface area (Å²) in [6.07, 6.45) is 4.85. The zero-order chi connectivity index (χ0) is 18.9. The summed E-state index contributed by atoms with van der Waals surface area (Å²) in [5, 5.41) is 1.53. The number of aryl methyl sites for hydroxylation is 1. The summed E-state index contributed by atoms with van der Waals surface area (Å²) in [4.78, 5) is 12.6. The number of rotatable bonds is 10. The molecule has 0 saturated heterocycles. The van der Waals surface area contributed by atoms with Crippen molar-refractivity contribution in [2.45, 2.75) is 46.5 Å². The Kier molecular flexibility index (Phi) is 11.4. The molecule has 2 nitrogen and oxygen atoms in total. The fourth-order valence-electron chi connectivity index (χ4n) is 2.86. The number of ether oxygens (including phenoxy) is 1. The second-order valence-corrected chi connectivity index (χ2v) is 8.33. The first-order valence-electron chi connectivity index (χ1n) is 9.34. The van der Waals surface area contributed by atoms with Crippen LogP contribution >= 0.6 is 20.2 Å². The molecule has 0 amide bonds. The van der Waals surface area contributed by atoms with Crippen LogP contribution in [0.4, 0.5) is 0 Å². The maximum atomic E-state index is 12.6. The molecule has 0 saturated carbocycles. The van der Waals surface area contributed by atoms with Crippen molar-refractivity contribution in [1.82, 2.24) is 0 Å². The minimum Gasteiger partial charge on any atom is -1.00 e. The van der Waals surface area contributed by atoms with Crippen molar-refractivity contribution in [3.05, 3.63) is 58.6 Å². The standard InChI is InChI=1S/C22H28ClO2P.Li.H/c1-4-6-9-17(5-2)15-25-18-11-13-19(14-12-18)26-22(24)21-16(3)8-7-10-20(21)23;;/h7-8,10-14,17,26H,4-6,9,15H2,1-3H3;;/q;+1;-1. The first-order chi connectivity index (χ1) is 12.5.